The van der Waals surface area contributed by atoms with Crippen LogP contribution in [-0.2, 0) is 9.53 Å². The van der Waals surface area contributed by atoms with E-state index in [0.29, 0.717) is 18.7 Å². The molecule has 1 saturated heterocycles. The number of nitrogens with zero attached hydrogens (tertiary/aromatic N) is 1. The second-order valence-electron chi connectivity index (χ2n) is 5.66. The number of hydrogen-bond donors (Lipinski definition) is 3. The number of ether oxygens (including phenoxy) is 1. The SMILES string of the molecule is Cc1nc(-c2c[nH]c(C(=O)NC3(CC(=O)O)CCOC3)c2)cs1. The Bertz CT molecular complexity index is 731. The van der Waals surface area contributed by atoms with E-state index < -0.39 is 11.5 Å². The average Bonchev–Trinajstić information content (AvgIpc) is 3.18. The number of aromatic nitrogens is 2. The van der Waals surface area contributed by atoms with E-state index in [-0.39, 0.29) is 18.9 Å². The summed E-state index contributed by atoms with van der Waals surface area (Å²) in [6.45, 7) is 2.58. The molecule has 3 heterocycles. The number of nitrogens with one attached hydrogen (secondary N) is 2. The number of amides is 1. The number of aromatic amines is 1. The van der Waals surface area contributed by atoms with Gasteiger partial charge in [0.05, 0.1) is 29.3 Å². The minimum Gasteiger partial charge on any atom is -0.481 e. The van der Waals surface area contributed by atoms with E-state index in [1.807, 2.05) is 12.3 Å². The number of carbonyl (C=O) groups is 2. The first kappa shape index (κ1) is 15.7. The fraction of sp³-hybridized carbons (Fsp3) is 0.400. The van der Waals surface area contributed by atoms with E-state index >= 15 is 0 Å². The molecule has 3 rings (SSSR count). The maximum absolute atomic E-state index is 12.4. The van der Waals surface area contributed by atoms with Crippen molar-refractivity contribution in [3.63, 3.8) is 0 Å². The van der Waals surface area contributed by atoms with Crippen LogP contribution >= 0.6 is 11.3 Å². The zero-order valence-corrected chi connectivity index (χ0v) is 13.4. The number of carbonyl (C=O) groups excluding carboxylic acids is 1. The van der Waals surface area contributed by atoms with Crippen LogP contribution < -0.4 is 5.32 Å². The Morgan fingerprint density at radius 1 is 1.57 bits per heavy atom. The van der Waals surface area contributed by atoms with Crippen LogP contribution in [0.3, 0.4) is 0 Å². The van der Waals surface area contributed by atoms with Crippen LogP contribution in [0.15, 0.2) is 17.6 Å². The first-order valence-corrected chi connectivity index (χ1v) is 8.08. The van der Waals surface area contributed by atoms with Gasteiger partial charge in [0.15, 0.2) is 0 Å². The van der Waals surface area contributed by atoms with Crippen molar-refractivity contribution >= 4 is 23.2 Å². The average molecular weight is 335 g/mol. The van der Waals surface area contributed by atoms with E-state index in [1.165, 1.54) is 0 Å². The van der Waals surface area contributed by atoms with Crippen molar-refractivity contribution < 1.29 is 19.4 Å². The number of rotatable bonds is 5. The van der Waals surface area contributed by atoms with Gasteiger partial charge in [-0.2, -0.15) is 0 Å². The van der Waals surface area contributed by atoms with Gasteiger partial charge in [0.25, 0.3) is 5.91 Å². The highest BCUT2D eigenvalue weighted by Crippen LogP contribution is 2.25. The summed E-state index contributed by atoms with van der Waals surface area (Å²) in [5.74, 6) is -1.30. The van der Waals surface area contributed by atoms with Gasteiger partial charge in [0.2, 0.25) is 0 Å². The minimum absolute atomic E-state index is 0.155. The molecule has 7 nitrogen and oxygen atoms in total. The predicted molar refractivity (Wildman–Crippen MR) is 84.5 cm³/mol. The van der Waals surface area contributed by atoms with Gasteiger partial charge < -0.3 is 20.1 Å². The summed E-state index contributed by atoms with van der Waals surface area (Å²) in [5, 5.41) is 14.8. The molecule has 0 spiro atoms. The van der Waals surface area contributed by atoms with Gasteiger partial charge in [-0.05, 0) is 19.4 Å². The van der Waals surface area contributed by atoms with Crippen molar-refractivity contribution in [3.8, 4) is 11.3 Å². The smallest absolute Gasteiger partial charge is 0.305 e. The second kappa shape index (κ2) is 6.13. The largest absolute Gasteiger partial charge is 0.481 e. The lowest BCUT2D eigenvalue weighted by molar-refractivity contribution is -0.138. The molecule has 0 radical (unpaired) electrons. The number of aryl methyl sites for hydroxylation is 1. The molecule has 3 N–H and O–H groups in total. The maximum atomic E-state index is 12.4. The van der Waals surface area contributed by atoms with E-state index in [0.717, 1.165) is 16.3 Å². The summed E-state index contributed by atoms with van der Waals surface area (Å²) in [4.78, 5) is 30.8. The third kappa shape index (κ3) is 3.43. The molecule has 1 fully saturated rings. The van der Waals surface area contributed by atoms with Crippen molar-refractivity contribution in [1.82, 2.24) is 15.3 Å². The van der Waals surface area contributed by atoms with Gasteiger partial charge in [-0.1, -0.05) is 0 Å². The number of carboxylic acids is 1. The van der Waals surface area contributed by atoms with Crippen molar-refractivity contribution in [2.45, 2.75) is 25.3 Å². The molecule has 0 aromatic carbocycles. The van der Waals surface area contributed by atoms with Crippen molar-refractivity contribution in [2.75, 3.05) is 13.2 Å². The predicted octanol–water partition coefficient (Wildman–Crippen LogP) is 1.81. The summed E-state index contributed by atoms with van der Waals surface area (Å²) in [5.41, 5.74) is 1.18. The zero-order valence-electron chi connectivity index (χ0n) is 12.6. The Balaban J connectivity index is 1.75. The molecule has 2 aromatic heterocycles. The molecular formula is C15H17N3O4S. The van der Waals surface area contributed by atoms with Crippen molar-refractivity contribution in [2.24, 2.45) is 0 Å². The molecule has 0 bridgehead atoms. The number of carboxylic acid groups (broad SMARTS) is 1. The lowest BCUT2D eigenvalue weighted by Gasteiger charge is -2.26. The Kier molecular flexibility index (Phi) is 4.18. The maximum Gasteiger partial charge on any atom is 0.305 e. The first-order valence-electron chi connectivity index (χ1n) is 7.20. The molecule has 122 valence electrons. The third-order valence-corrected chi connectivity index (χ3v) is 4.59. The summed E-state index contributed by atoms with van der Waals surface area (Å²) >= 11 is 1.54. The van der Waals surface area contributed by atoms with E-state index in [9.17, 15) is 9.59 Å². The minimum atomic E-state index is -0.957. The summed E-state index contributed by atoms with van der Waals surface area (Å²) < 4.78 is 5.28. The lowest BCUT2D eigenvalue weighted by atomic mass is 9.94. The van der Waals surface area contributed by atoms with Crippen LogP contribution in [0.4, 0.5) is 0 Å². The highest BCUT2D eigenvalue weighted by molar-refractivity contribution is 7.09. The Labute approximate surface area is 136 Å². The van der Waals surface area contributed by atoms with Crippen LogP contribution in [0.2, 0.25) is 0 Å². The normalized spacial score (nSPS) is 20.6. The number of aliphatic carboxylic acids is 1. The van der Waals surface area contributed by atoms with E-state index in [2.05, 4.69) is 15.3 Å². The van der Waals surface area contributed by atoms with Gasteiger partial charge in [0, 0.05) is 23.7 Å². The fourth-order valence-electron chi connectivity index (χ4n) is 2.66. The molecule has 1 aliphatic heterocycles. The molecular weight excluding hydrogens is 318 g/mol. The highest BCUT2D eigenvalue weighted by Gasteiger charge is 2.39. The molecule has 23 heavy (non-hydrogen) atoms. The Morgan fingerprint density at radius 2 is 2.39 bits per heavy atom. The Hall–Kier alpha value is -2.19. The van der Waals surface area contributed by atoms with Crippen LogP contribution in [-0.4, -0.2) is 45.7 Å². The molecule has 8 heteroatoms. The quantitative estimate of drug-likeness (QED) is 0.773. The third-order valence-electron chi connectivity index (χ3n) is 3.81. The van der Waals surface area contributed by atoms with Crippen LogP contribution in [0.25, 0.3) is 11.3 Å². The number of H-pyrrole nitrogens is 1. The van der Waals surface area contributed by atoms with Gasteiger partial charge in [-0.3, -0.25) is 9.59 Å². The molecule has 1 amide bonds. The monoisotopic (exact) mass is 335 g/mol. The fourth-order valence-corrected chi connectivity index (χ4v) is 3.28. The number of hydrogen-bond acceptors (Lipinski definition) is 5. The standard InChI is InChI=1S/C15H17N3O4S/c1-9-17-12(7-23-9)10-4-11(16-6-10)14(21)18-15(5-13(19)20)2-3-22-8-15/h4,6-7,16H,2-3,5,8H2,1H3,(H,18,21)(H,19,20). The van der Waals surface area contributed by atoms with Gasteiger partial charge in [0.1, 0.15) is 5.69 Å². The molecule has 2 aromatic rings. The summed E-state index contributed by atoms with van der Waals surface area (Å²) in [6.07, 6.45) is 2.06. The van der Waals surface area contributed by atoms with Crippen molar-refractivity contribution in [3.05, 3.63) is 28.3 Å². The summed E-state index contributed by atoms with van der Waals surface area (Å²) in [7, 11) is 0. The van der Waals surface area contributed by atoms with Gasteiger partial charge in [-0.25, -0.2) is 4.98 Å². The molecule has 0 aliphatic carbocycles. The van der Waals surface area contributed by atoms with Crippen LogP contribution in [0, 0.1) is 6.92 Å². The van der Waals surface area contributed by atoms with Gasteiger partial charge in [-0.15, -0.1) is 11.3 Å². The van der Waals surface area contributed by atoms with Gasteiger partial charge >= 0.3 is 5.97 Å². The van der Waals surface area contributed by atoms with Crippen LogP contribution in [0.1, 0.15) is 28.3 Å². The molecule has 0 saturated carbocycles. The molecule has 1 atom stereocenters. The van der Waals surface area contributed by atoms with Crippen LogP contribution in [0.5, 0.6) is 0 Å². The zero-order chi connectivity index (χ0) is 16.4. The first-order chi connectivity index (χ1) is 11.0. The number of thiazole rings is 1. The molecule has 1 unspecified atom stereocenters. The topological polar surface area (TPSA) is 104 Å². The molecule has 1 aliphatic rings. The Morgan fingerprint density at radius 3 is 3.00 bits per heavy atom. The second-order valence-corrected chi connectivity index (χ2v) is 6.72. The van der Waals surface area contributed by atoms with Crippen molar-refractivity contribution in [1.29, 1.82) is 0 Å². The van der Waals surface area contributed by atoms with E-state index in [1.54, 1.807) is 23.6 Å². The lowest BCUT2D eigenvalue weighted by Crippen LogP contribution is -2.50. The highest BCUT2D eigenvalue weighted by atomic mass is 32.1. The summed E-state index contributed by atoms with van der Waals surface area (Å²) in [6, 6.07) is 1.72. The van der Waals surface area contributed by atoms with E-state index in [4.69, 9.17) is 9.84 Å².